The lowest BCUT2D eigenvalue weighted by Crippen LogP contribution is -2.40. The maximum absolute atomic E-state index is 13.8. The first-order valence-corrected chi connectivity index (χ1v) is 13.4. The van der Waals surface area contributed by atoms with E-state index < -0.39 is 12.0 Å². The zero-order valence-corrected chi connectivity index (χ0v) is 22.5. The van der Waals surface area contributed by atoms with Crippen molar-refractivity contribution in [2.24, 2.45) is 4.99 Å². The van der Waals surface area contributed by atoms with Crippen LogP contribution in [0.25, 0.3) is 6.08 Å². The highest BCUT2D eigenvalue weighted by Crippen LogP contribution is 2.34. The molecule has 192 valence electrons. The van der Waals surface area contributed by atoms with Crippen molar-refractivity contribution in [2.75, 3.05) is 6.61 Å². The van der Waals surface area contributed by atoms with Crippen LogP contribution in [-0.4, -0.2) is 17.1 Å². The SMILES string of the molecule is CCOC(=O)C1=C(C)N=c2sc(=Cc3cccc(OCc4ccccc4)c3)c(=O)n2C1c1ccccc1Cl. The second-order valence-electron chi connectivity index (χ2n) is 8.67. The quantitative estimate of drug-likeness (QED) is 0.306. The summed E-state index contributed by atoms with van der Waals surface area (Å²) < 4.78 is 13.3. The van der Waals surface area contributed by atoms with Crippen LogP contribution in [0.15, 0.2) is 99.9 Å². The molecule has 3 aromatic carbocycles. The molecule has 0 N–H and O–H groups in total. The Bertz CT molecular complexity index is 1710. The Hall–Kier alpha value is -3.94. The lowest BCUT2D eigenvalue weighted by atomic mass is 9.96. The van der Waals surface area contributed by atoms with E-state index in [0.717, 1.165) is 11.1 Å². The zero-order chi connectivity index (χ0) is 26.6. The predicted molar refractivity (Wildman–Crippen MR) is 149 cm³/mol. The van der Waals surface area contributed by atoms with Gasteiger partial charge in [-0.3, -0.25) is 9.36 Å². The number of fused-ring (bicyclic) bond motifs is 1. The van der Waals surface area contributed by atoms with E-state index in [-0.39, 0.29) is 12.2 Å². The summed E-state index contributed by atoms with van der Waals surface area (Å²) in [5.74, 6) is 0.181. The van der Waals surface area contributed by atoms with Gasteiger partial charge in [-0.25, -0.2) is 9.79 Å². The molecule has 1 atom stereocenters. The molecule has 38 heavy (non-hydrogen) atoms. The van der Waals surface area contributed by atoms with Gasteiger partial charge in [0.15, 0.2) is 4.80 Å². The average Bonchev–Trinajstić information content (AvgIpc) is 3.22. The molecule has 0 bridgehead atoms. The summed E-state index contributed by atoms with van der Waals surface area (Å²) in [4.78, 5) is 31.9. The molecule has 5 rings (SSSR count). The molecule has 0 saturated heterocycles. The molecule has 0 amide bonds. The summed E-state index contributed by atoms with van der Waals surface area (Å²) in [7, 11) is 0. The number of halogens is 1. The molecule has 0 fully saturated rings. The Morgan fingerprint density at radius 3 is 2.61 bits per heavy atom. The minimum atomic E-state index is -0.748. The number of nitrogens with zero attached hydrogens (tertiary/aromatic N) is 2. The molecule has 2 heterocycles. The molecule has 0 aliphatic carbocycles. The second kappa shape index (κ2) is 11.2. The number of carbonyl (C=O) groups is 1. The lowest BCUT2D eigenvalue weighted by Gasteiger charge is -2.25. The van der Waals surface area contributed by atoms with Gasteiger partial charge in [0.1, 0.15) is 18.4 Å². The lowest BCUT2D eigenvalue weighted by molar-refractivity contribution is -0.139. The summed E-state index contributed by atoms with van der Waals surface area (Å²) in [6.07, 6.45) is 1.81. The summed E-state index contributed by atoms with van der Waals surface area (Å²) in [6, 6.07) is 23.9. The number of hydrogen-bond acceptors (Lipinski definition) is 6. The number of allylic oxidation sites excluding steroid dienone is 1. The first kappa shape index (κ1) is 25.7. The Kier molecular flexibility index (Phi) is 7.58. The van der Waals surface area contributed by atoms with Crippen LogP contribution >= 0.6 is 22.9 Å². The predicted octanol–water partition coefficient (Wildman–Crippen LogP) is 5.03. The van der Waals surface area contributed by atoms with Gasteiger partial charge in [-0.15, -0.1) is 0 Å². The van der Waals surface area contributed by atoms with E-state index in [1.807, 2.05) is 78.9 Å². The number of carbonyl (C=O) groups excluding carboxylic acids is 1. The topological polar surface area (TPSA) is 69.9 Å². The summed E-state index contributed by atoms with van der Waals surface area (Å²) in [5.41, 5.74) is 3.06. The number of aromatic nitrogens is 1. The number of rotatable bonds is 7. The van der Waals surface area contributed by atoms with E-state index in [4.69, 9.17) is 21.1 Å². The highest BCUT2D eigenvalue weighted by Gasteiger charge is 2.34. The van der Waals surface area contributed by atoms with Gasteiger partial charge >= 0.3 is 5.97 Å². The van der Waals surface area contributed by atoms with Gasteiger partial charge in [-0.05, 0) is 54.8 Å². The molecule has 0 spiro atoms. The van der Waals surface area contributed by atoms with Gasteiger partial charge < -0.3 is 9.47 Å². The van der Waals surface area contributed by atoms with Crippen molar-refractivity contribution in [2.45, 2.75) is 26.5 Å². The van der Waals surface area contributed by atoms with E-state index in [9.17, 15) is 9.59 Å². The minimum absolute atomic E-state index is 0.206. The van der Waals surface area contributed by atoms with E-state index in [0.29, 0.717) is 43.5 Å². The minimum Gasteiger partial charge on any atom is -0.489 e. The van der Waals surface area contributed by atoms with Crippen LogP contribution in [-0.2, 0) is 16.1 Å². The fourth-order valence-electron chi connectivity index (χ4n) is 4.37. The number of benzene rings is 3. The average molecular weight is 545 g/mol. The van der Waals surface area contributed by atoms with E-state index in [1.165, 1.54) is 15.9 Å². The van der Waals surface area contributed by atoms with E-state index >= 15 is 0 Å². The largest absolute Gasteiger partial charge is 0.489 e. The van der Waals surface area contributed by atoms with Crippen LogP contribution in [0.4, 0.5) is 0 Å². The van der Waals surface area contributed by atoms with Gasteiger partial charge in [0.05, 0.1) is 22.4 Å². The zero-order valence-electron chi connectivity index (χ0n) is 20.9. The third kappa shape index (κ3) is 5.21. The fourth-order valence-corrected chi connectivity index (χ4v) is 5.65. The first-order chi connectivity index (χ1) is 18.5. The number of ether oxygens (including phenoxy) is 2. The Balaban J connectivity index is 1.57. The molecule has 1 aliphatic rings. The van der Waals surface area contributed by atoms with Crippen molar-refractivity contribution < 1.29 is 14.3 Å². The summed E-state index contributed by atoms with van der Waals surface area (Å²) >= 11 is 7.83. The van der Waals surface area contributed by atoms with Gasteiger partial charge in [0, 0.05) is 5.02 Å². The number of thiazole rings is 1. The third-order valence-corrected chi connectivity index (χ3v) is 7.45. The number of hydrogen-bond donors (Lipinski definition) is 0. The molecule has 4 aromatic rings. The van der Waals surface area contributed by atoms with Crippen LogP contribution in [0, 0.1) is 0 Å². The molecule has 1 unspecified atom stereocenters. The maximum atomic E-state index is 13.8. The van der Waals surface area contributed by atoms with Gasteiger partial charge in [0.25, 0.3) is 5.56 Å². The smallest absolute Gasteiger partial charge is 0.338 e. The molecule has 0 saturated carbocycles. The molecule has 6 nitrogen and oxygen atoms in total. The highest BCUT2D eigenvalue weighted by molar-refractivity contribution is 7.07. The Morgan fingerprint density at radius 1 is 1.08 bits per heavy atom. The molecule has 1 aromatic heterocycles. The summed E-state index contributed by atoms with van der Waals surface area (Å²) in [6.45, 7) is 4.14. The normalized spacial score (nSPS) is 15.1. The van der Waals surface area contributed by atoms with Crippen molar-refractivity contribution in [3.8, 4) is 5.75 Å². The van der Waals surface area contributed by atoms with Crippen molar-refractivity contribution >= 4 is 35.0 Å². The molecule has 8 heteroatoms. The van der Waals surface area contributed by atoms with Gasteiger partial charge in [0.2, 0.25) is 0 Å². The van der Waals surface area contributed by atoms with Crippen LogP contribution < -0.4 is 19.6 Å². The Labute approximate surface area is 228 Å². The van der Waals surface area contributed by atoms with E-state index in [2.05, 4.69) is 4.99 Å². The fraction of sp³-hybridized carbons (Fsp3) is 0.167. The van der Waals surface area contributed by atoms with Crippen molar-refractivity contribution in [1.82, 2.24) is 4.57 Å². The van der Waals surface area contributed by atoms with Gasteiger partial charge in [-0.2, -0.15) is 0 Å². The van der Waals surface area contributed by atoms with Crippen LogP contribution in [0.2, 0.25) is 5.02 Å². The summed E-state index contributed by atoms with van der Waals surface area (Å²) in [5, 5.41) is 0.451. The molecule has 0 radical (unpaired) electrons. The monoisotopic (exact) mass is 544 g/mol. The van der Waals surface area contributed by atoms with E-state index in [1.54, 1.807) is 19.9 Å². The van der Waals surface area contributed by atoms with Crippen LogP contribution in [0.5, 0.6) is 5.75 Å². The third-order valence-electron chi connectivity index (χ3n) is 6.12. The highest BCUT2D eigenvalue weighted by atomic mass is 35.5. The van der Waals surface area contributed by atoms with Gasteiger partial charge in [-0.1, -0.05) is 83.6 Å². The standard InChI is InChI=1S/C30H25ClN2O4S/c1-3-36-29(35)26-19(2)32-30-33(27(26)23-14-7-8-15-24(23)31)28(34)25(38-30)17-21-12-9-13-22(16-21)37-18-20-10-5-4-6-11-20/h4-17,27H,3,18H2,1-2H3. The second-order valence-corrected chi connectivity index (χ2v) is 10.1. The van der Waals surface area contributed by atoms with Crippen LogP contribution in [0.3, 0.4) is 0 Å². The maximum Gasteiger partial charge on any atom is 0.338 e. The first-order valence-electron chi connectivity index (χ1n) is 12.2. The molecular formula is C30H25ClN2O4S. The Morgan fingerprint density at radius 2 is 1.84 bits per heavy atom. The van der Waals surface area contributed by atoms with Crippen LogP contribution in [0.1, 0.15) is 36.6 Å². The molecular weight excluding hydrogens is 520 g/mol. The van der Waals surface area contributed by atoms with Crippen molar-refractivity contribution in [1.29, 1.82) is 0 Å². The molecule has 1 aliphatic heterocycles. The van der Waals surface area contributed by atoms with Crippen molar-refractivity contribution in [3.63, 3.8) is 0 Å². The van der Waals surface area contributed by atoms with Crippen molar-refractivity contribution in [3.05, 3.63) is 132 Å². The number of esters is 1.